The van der Waals surface area contributed by atoms with Gasteiger partial charge in [-0.2, -0.15) is 23.5 Å². The van der Waals surface area contributed by atoms with Crippen LogP contribution in [0, 0.1) is 5.92 Å². The molecule has 3 amide bonds. The average molecular weight is 467 g/mol. The second-order valence-electron chi connectivity index (χ2n) is 7.04. The molecule has 0 rings (SSSR count). The number of aliphatic hydroxyl groups excluding tert-OH is 1. The fourth-order valence-corrected chi connectivity index (χ4v) is 3.35. The third-order valence-corrected chi connectivity index (χ3v) is 5.55. The lowest BCUT2D eigenvalue weighted by Gasteiger charge is -2.26. The molecule has 0 saturated carbocycles. The van der Waals surface area contributed by atoms with Gasteiger partial charge in [-0.1, -0.05) is 13.8 Å². The zero-order valence-corrected chi connectivity index (χ0v) is 19.5. The highest BCUT2D eigenvalue weighted by atomic mass is 32.2. The summed E-state index contributed by atoms with van der Waals surface area (Å²) in [5, 5.41) is 26.1. The normalized spacial score (nSPS) is 15.0. The first-order chi connectivity index (χ1) is 14.1. The smallest absolute Gasteiger partial charge is 0.326 e. The Kier molecular flexibility index (Phi) is 14.6. The zero-order chi connectivity index (χ0) is 23.3. The van der Waals surface area contributed by atoms with Crippen molar-refractivity contribution in [2.45, 2.75) is 50.9 Å². The molecule has 7 N–H and O–H groups in total. The van der Waals surface area contributed by atoms with Gasteiger partial charge in [-0.3, -0.25) is 14.4 Å². The minimum Gasteiger partial charge on any atom is -0.480 e. The minimum absolute atomic E-state index is 0.240. The third-order valence-electron chi connectivity index (χ3n) is 4.26. The molecule has 12 heteroatoms. The van der Waals surface area contributed by atoms with Crippen molar-refractivity contribution in [2.24, 2.45) is 11.7 Å². The summed E-state index contributed by atoms with van der Waals surface area (Å²) in [6.45, 7) is 2.70. The number of nitrogens with two attached hydrogens (primary N) is 1. The Balaban J connectivity index is 5.08. The van der Waals surface area contributed by atoms with Crippen LogP contribution in [0.5, 0.6) is 0 Å². The van der Waals surface area contributed by atoms with E-state index in [9.17, 15) is 29.4 Å². The van der Waals surface area contributed by atoms with Gasteiger partial charge in [0.15, 0.2) is 0 Å². The topological polar surface area (TPSA) is 171 Å². The molecule has 0 fully saturated rings. The van der Waals surface area contributed by atoms with Crippen LogP contribution < -0.4 is 21.7 Å². The Hall–Kier alpha value is -1.50. The monoisotopic (exact) mass is 466 g/mol. The third kappa shape index (κ3) is 10.5. The molecule has 10 nitrogen and oxygen atoms in total. The van der Waals surface area contributed by atoms with E-state index in [-0.39, 0.29) is 12.3 Å². The number of carboxylic acid groups (broad SMARTS) is 1. The molecule has 4 unspecified atom stereocenters. The van der Waals surface area contributed by atoms with Crippen molar-refractivity contribution in [3.63, 3.8) is 0 Å². The maximum Gasteiger partial charge on any atom is 0.326 e. The molecule has 0 spiro atoms. The summed E-state index contributed by atoms with van der Waals surface area (Å²) in [6.07, 6.45) is 4.36. The largest absolute Gasteiger partial charge is 0.480 e. The number of carboxylic acids is 1. The van der Waals surface area contributed by atoms with E-state index in [4.69, 9.17) is 5.73 Å². The second kappa shape index (κ2) is 15.3. The highest BCUT2D eigenvalue weighted by Crippen LogP contribution is 2.06. The zero-order valence-electron chi connectivity index (χ0n) is 17.8. The molecule has 30 heavy (non-hydrogen) atoms. The van der Waals surface area contributed by atoms with Gasteiger partial charge < -0.3 is 31.9 Å². The number of hydrogen-bond acceptors (Lipinski definition) is 8. The van der Waals surface area contributed by atoms with Crippen LogP contribution in [0.15, 0.2) is 0 Å². The number of thioether (sulfide) groups is 2. The summed E-state index contributed by atoms with van der Waals surface area (Å²) in [5.41, 5.74) is 5.77. The van der Waals surface area contributed by atoms with Crippen molar-refractivity contribution in [2.75, 3.05) is 30.6 Å². The van der Waals surface area contributed by atoms with Crippen molar-refractivity contribution in [3.05, 3.63) is 0 Å². The van der Waals surface area contributed by atoms with E-state index in [1.807, 2.05) is 12.5 Å². The van der Waals surface area contributed by atoms with Gasteiger partial charge >= 0.3 is 5.97 Å². The number of carbonyl (C=O) groups excluding carboxylic acids is 3. The molecule has 0 radical (unpaired) electrons. The summed E-state index contributed by atoms with van der Waals surface area (Å²) in [7, 11) is 0. The molecule has 0 aromatic rings. The van der Waals surface area contributed by atoms with Crippen LogP contribution in [0.4, 0.5) is 0 Å². The lowest BCUT2D eigenvalue weighted by Crippen LogP contribution is -2.59. The molecular weight excluding hydrogens is 432 g/mol. The number of amides is 3. The molecule has 0 heterocycles. The van der Waals surface area contributed by atoms with E-state index in [0.717, 1.165) is 0 Å². The van der Waals surface area contributed by atoms with Gasteiger partial charge in [-0.05, 0) is 42.8 Å². The summed E-state index contributed by atoms with van der Waals surface area (Å²) in [4.78, 5) is 48.6. The fraction of sp³-hybridized carbons (Fsp3) is 0.778. The van der Waals surface area contributed by atoms with Gasteiger partial charge in [0.05, 0.1) is 12.6 Å². The highest BCUT2D eigenvalue weighted by molar-refractivity contribution is 7.98. The Bertz CT molecular complexity index is 579. The number of aliphatic carboxylic acids is 1. The number of aliphatic hydroxyl groups is 1. The van der Waals surface area contributed by atoms with Crippen molar-refractivity contribution < 1.29 is 29.4 Å². The molecule has 174 valence electrons. The summed E-state index contributed by atoms with van der Waals surface area (Å²) in [5.74, 6) is -2.29. The molecule has 0 aliphatic carbocycles. The van der Waals surface area contributed by atoms with E-state index >= 15 is 0 Å². The first-order valence-electron chi connectivity index (χ1n) is 9.57. The van der Waals surface area contributed by atoms with Gasteiger partial charge in [-0.25, -0.2) is 4.79 Å². The number of nitrogens with one attached hydrogen (secondary N) is 3. The van der Waals surface area contributed by atoms with Crippen LogP contribution >= 0.6 is 23.5 Å². The number of hydrogen-bond donors (Lipinski definition) is 6. The fourth-order valence-electron chi connectivity index (χ4n) is 2.39. The van der Waals surface area contributed by atoms with E-state index in [0.29, 0.717) is 17.9 Å². The molecule has 0 bridgehead atoms. The second-order valence-corrected chi connectivity index (χ2v) is 9.01. The average Bonchev–Trinajstić information content (AvgIpc) is 2.70. The van der Waals surface area contributed by atoms with E-state index < -0.39 is 54.5 Å². The molecule has 4 atom stereocenters. The van der Waals surface area contributed by atoms with Crippen LogP contribution in [0.3, 0.4) is 0 Å². The molecule has 0 aromatic carbocycles. The quantitative estimate of drug-likeness (QED) is 0.177. The maximum absolute atomic E-state index is 12.6. The van der Waals surface area contributed by atoms with Crippen LogP contribution in [0.25, 0.3) is 0 Å². The van der Waals surface area contributed by atoms with Crippen molar-refractivity contribution in [3.8, 4) is 0 Å². The van der Waals surface area contributed by atoms with Crippen LogP contribution in [-0.2, 0) is 19.2 Å². The SMILES string of the molecule is CSCCC(N)C(=O)NC(CO)C(=O)NC(C(=O)NC(CCSC)C(=O)O)C(C)C. The van der Waals surface area contributed by atoms with E-state index in [1.165, 1.54) is 23.5 Å². The lowest BCUT2D eigenvalue weighted by atomic mass is 10.0. The predicted molar refractivity (Wildman–Crippen MR) is 119 cm³/mol. The van der Waals surface area contributed by atoms with Crippen molar-refractivity contribution in [1.82, 2.24) is 16.0 Å². The van der Waals surface area contributed by atoms with Gasteiger partial charge in [0.2, 0.25) is 17.7 Å². The number of rotatable bonds is 15. The molecule has 0 saturated heterocycles. The molecule has 0 aliphatic rings. The van der Waals surface area contributed by atoms with E-state index in [1.54, 1.807) is 13.8 Å². The van der Waals surface area contributed by atoms with Gasteiger partial charge in [0.1, 0.15) is 18.1 Å². The highest BCUT2D eigenvalue weighted by Gasteiger charge is 2.31. The summed E-state index contributed by atoms with van der Waals surface area (Å²) in [6, 6.07) is -4.22. The summed E-state index contributed by atoms with van der Waals surface area (Å²) < 4.78 is 0. The first kappa shape index (κ1) is 28.5. The van der Waals surface area contributed by atoms with Crippen LogP contribution in [0.1, 0.15) is 26.7 Å². The van der Waals surface area contributed by atoms with Crippen LogP contribution in [0.2, 0.25) is 0 Å². The number of carbonyl (C=O) groups is 4. The predicted octanol–water partition coefficient (Wildman–Crippen LogP) is -0.993. The van der Waals surface area contributed by atoms with Crippen molar-refractivity contribution >= 4 is 47.2 Å². The van der Waals surface area contributed by atoms with Gasteiger partial charge in [-0.15, -0.1) is 0 Å². The Labute approximate surface area is 185 Å². The van der Waals surface area contributed by atoms with E-state index in [2.05, 4.69) is 16.0 Å². The summed E-state index contributed by atoms with van der Waals surface area (Å²) >= 11 is 2.98. The molecule has 0 aromatic heterocycles. The maximum atomic E-state index is 12.6. The van der Waals surface area contributed by atoms with Gasteiger partial charge in [0, 0.05) is 0 Å². The Morgan fingerprint density at radius 3 is 1.87 bits per heavy atom. The van der Waals surface area contributed by atoms with Crippen LogP contribution in [-0.4, -0.2) is 88.7 Å². The molecule has 0 aliphatic heterocycles. The first-order valence-corrected chi connectivity index (χ1v) is 12.4. The molecular formula is C18H34N4O6S2. The van der Waals surface area contributed by atoms with Gasteiger partial charge in [0.25, 0.3) is 0 Å². The Morgan fingerprint density at radius 1 is 0.867 bits per heavy atom. The minimum atomic E-state index is -1.28. The van der Waals surface area contributed by atoms with Crippen molar-refractivity contribution in [1.29, 1.82) is 0 Å². The Morgan fingerprint density at radius 2 is 1.40 bits per heavy atom. The standard InChI is InChI=1S/C18H34N4O6S2/c1-10(2)14(17(26)20-12(18(27)28)6-8-30-4)22-16(25)13(9-23)21-15(24)11(19)5-7-29-3/h10-14,23H,5-9,19H2,1-4H3,(H,20,26)(H,21,24)(H,22,25)(H,27,28). The lowest BCUT2D eigenvalue weighted by molar-refractivity contribution is -0.142.